The highest BCUT2D eigenvalue weighted by Crippen LogP contribution is 2.45. The molecule has 4 nitrogen and oxygen atoms in total. The number of aliphatic hydroxyl groups is 1. The van der Waals surface area contributed by atoms with Crippen molar-refractivity contribution >= 4 is 11.3 Å². The summed E-state index contributed by atoms with van der Waals surface area (Å²) in [7, 11) is 0. The molecular formula is C21H30N2O2S. The van der Waals surface area contributed by atoms with Crippen molar-refractivity contribution in [2.24, 2.45) is 11.3 Å². The van der Waals surface area contributed by atoms with Gasteiger partial charge in [-0.1, -0.05) is 0 Å². The van der Waals surface area contributed by atoms with Gasteiger partial charge in [0.05, 0.1) is 12.8 Å². The zero-order valence-electron chi connectivity index (χ0n) is 15.7. The van der Waals surface area contributed by atoms with Gasteiger partial charge in [0, 0.05) is 35.4 Å². The largest absolute Gasteiger partial charge is 0.468 e. The Morgan fingerprint density at radius 3 is 2.50 bits per heavy atom. The van der Waals surface area contributed by atoms with E-state index >= 15 is 0 Å². The van der Waals surface area contributed by atoms with Gasteiger partial charge >= 0.3 is 0 Å². The number of likely N-dealkylation sites (tertiary alicyclic amines) is 2. The maximum absolute atomic E-state index is 10.1. The Kier molecular flexibility index (Phi) is 5.50. The molecule has 2 fully saturated rings. The Bertz CT molecular complexity index is 689. The second-order valence-corrected chi connectivity index (χ2v) is 9.47. The van der Waals surface area contributed by atoms with Crippen LogP contribution in [0.15, 0.2) is 34.9 Å². The Balaban J connectivity index is 1.33. The third kappa shape index (κ3) is 3.91. The maximum atomic E-state index is 10.1. The third-order valence-corrected chi connectivity index (χ3v) is 7.46. The number of hydrogen-bond donors (Lipinski definition) is 1. The maximum Gasteiger partial charge on any atom is 0.117 e. The lowest BCUT2D eigenvalue weighted by atomic mass is 9.64. The van der Waals surface area contributed by atoms with E-state index in [0.717, 1.165) is 45.0 Å². The van der Waals surface area contributed by atoms with Crippen LogP contribution in [0.1, 0.15) is 34.8 Å². The first-order chi connectivity index (χ1) is 12.7. The monoisotopic (exact) mass is 374 g/mol. The topological polar surface area (TPSA) is 39.9 Å². The number of aryl methyl sites for hydroxylation is 1. The number of piperidine rings is 2. The van der Waals surface area contributed by atoms with Crippen molar-refractivity contribution in [2.45, 2.75) is 39.3 Å². The zero-order valence-corrected chi connectivity index (χ0v) is 16.5. The summed E-state index contributed by atoms with van der Waals surface area (Å²) in [5.74, 6) is 1.41. The summed E-state index contributed by atoms with van der Waals surface area (Å²) in [5, 5.41) is 10.1. The molecule has 1 unspecified atom stereocenters. The fourth-order valence-electron chi connectivity index (χ4n) is 4.80. The molecule has 142 valence electrons. The predicted octanol–water partition coefficient (Wildman–Crippen LogP) is 3.75. The molecule has 1 N–H and O–H groups in total. The molecule has 2 aromatic heterocycles. The highest BCUT2D eigenvalue weighted by atomic mass is 32.1. The normalized spacial score (nSPS) is 24.3. The lowest BCUT2D eigenvalue weighted by Crippen LogP contribution is -2.53. The molecule has 2 aliphatic rings. The Hall–Kier alpha value is -1.14. The molecule has 0 saturated carbocycles. The first-order valence-corrected chi connectivity index (χ1v) is 10.6. The number of hydrogen-bond acceptors (Lipinski definition) is 5. The van der Waals surface area contributed by atoms with Crippen LogP contribution in [0.2, 0.25) is 0 Å². The van der Waals surface area contributed by atoms with E-state index in [0.29, 0.717) is 17.9 Å². The molecule has 2 saturated heterocycles. The summed E-state index contributed by atoms with van der Waals surface area (Å²) >= 11 is 1.92. The average molecular weight is 375 g/mol. The van der Waals surface area contributed by atoms with Gasteiger partial charge in [0.1, 0.15) is 5.76 Å². The highest BCUT2D eigenvalue weighted by molar-refractivity contribution is 7.11. The summed E-state index contributed by atoms with van der Waals surface area (Å²) in [4.78, 5) is 7.93. The number of aliphatic hydroxyl groups excluding tert-OH is 1. The van der Waals surface area contributed by atoms with Gasteiger partial charge in [0.2, 0.25) is 0 Å². The summed E-state index contributed by atoms with van der Waals surface area (Å²) in [6, 6.07) is 8.49. The van der Waals surface area contributed by atoms with E-state index in [1.54, 1.807) is 6.26 Å². The standard InChI is InChI=1S/C21H30N2O2S/c1-17-4-5-20(26-17)15-22-9-6-21(7-10-22)8-11-23(13-18(21)16-24)14-19-3-2-12-25-19/h2-5,12,18,24H,6-11,13-16H2,1H3. The molecular weight excluding hydrogens is 344 g/mol. The minimum atomic E-state index is 0.304. The van der Waals surface area contributed by atoms with Crippen LogP contribution in [0, 0.1) is 18.3 Å². The molecule has 2 aliphatic heterocycles. The quantitative estimate of drug-likeness (QED) is 0.865. The summed E-state index contributed by atoms with van der Waals surface area (Å²) in [5.41, 5.74) is 0.330. The number of nitrogens with zero attached hydrogens (tertiary/aromatic N) is 2. The molecule has 1 atom stereocenters. The van der Waals surface area contributed by atoms with Gasteiger partial charge in [-0.2, -0.15) is 0 Å². The molecule has 5 heteroatoms. The molecule has 4 heterocycles. The van der Waals surface area contributed by atoms with Crippen LogP contribution in [-0.2, 0) is 13.1 Å². The van der Waals surface area contributed by atoms with E-state index < -0.39 is 0 Å². The average Bonchev–Trinajstić information content (AvgIpc) is 3.30. The minimum absolute atomic E-state index is 0.304. The molecule has 0 aliphatic carbocycles. The van der Waals surface area contributed by atoms with E-state index in [-0.39, 0.29) is 0 Å². The molecule has 0 aromatic carbocycles. The molecule has 2 aromatic rings. The van der Waals surface area contributed by atoms with E-state index in [9.17, 15) is 5.11 Å². The fraction of sp³-hybridized carbons (Fsp3) is 0.619. The first-order valence-electron chi connectivity index (χ1n) is 9.80. The number of furan rings is 1. The third-order valence-electron chi connectivity index (χ3n) is 6.48. The predicted molar refractivity (Wildman–Crippen MR) is 105 cm³/mol. The minimum Gasteiger partial charge on any atom is -0.468 e. The van der Waals surface area contributed by atoms with Crippen LogP contribution >= 0.6 is 11.3 Å². The lowest BCUT2D eigenvalue weighted by molar-refractivity contribution is -0.0461. The molecule has 0 bridgehead atoms. The van der Waals surface area contributed by atoms with Gasteiger partial charge in [-0.15, -0.1) is 11.3 Å². The van der Waals surface area contributed by atoms with Crippen molar-refractivity contribution in [3.8, 4) is 0 Å². The number of thiophene rings is 1. The first kappa shape index (κ1) is 18.2. The van der Waals surface area contributed by atoms with E-state index in [1.807, 2.05) is 23.5 Å². The van der Waals surface area contributed by atoms with Gasteiger partial charge in [0.15, 0.2) is 0 Å². The summed E-state index contributed by atoms with van der Waals surface area (Å²) in [6.07, 6.45) is 5.38. The second kappa shape index (κ2) is 7.85. The van der Waals surface area contributed by atoms with Gasteiger partial charge in [-0.05, 0) is 75.5 Å². The van der Waals surface area contributed by atoms with E-state index in [4.69, 9.17) is 4.42 Å². The second-order valence-electron chi connectivity index (χ2n) is 8.09. The molecule has 0 radical (unpaired) electrons. The van der Waals surface area contributed by atoms with Gasteiger partial charge in [-0.3, -0.25) is 9.80 Å². The Morgan fingerprint density at radius 1 is 1.12 bits per heavy atom. The van der Waals surface area contributed by atoms with Gasteiger partial charge < -0.3 is 9.52 Å². The Labute approximate surface area is 160 Å². The van der Waals surface area contributed by atoms with Crippen molar-refractivity contribution in [3.05, 3.63) is 46.0 Å². The molecule has 4 rings (SSSR count). The Morgan fingerprint density at radius 2 is 1.88 bits per heavy atom. The van der Waals surface area contributed by atoms with E-state index in [1.165, 1.54) is 29.0 Å². The van der Waals surface area contributed by atoms with Crippen molar-refractivity contribution < 1.29 is 9.52 Å². The SMILES string of the molecule is Cc1ccc(CN2CCC3(CC2)CCN(Cc2ccco2)CC3CO)s1. The summed E-state index contributed by atoms with van der Waals surface area (Å²) in [6.45, 7) is 8.85. The van der Waals surface area contributed by atoms with Crippen molar-refractivity contribution in [2.75, 3.05) is 32.8 Å². The van der Waals surface area contributed by atoms with Gasteiger partial charge in [-0.25, -0.2) is 0 Å². The number of rotatable bonds is 5. The molecule has 26 heavy (non-hydrogen) atoms. The zero-order chi connectivity index (χ0) is 18.0. The molecule has 1 spiro atoms. The van der Waals surface area contributed by atoms with Crippen LogP contribution in [0.5, 0.6) is 0 Å². The molecule has 0 amide bonds. The van der Waals surface area contributed by atoms with Crippen LogP contribution in [-0.4, -0.2) is 47.7 Å². The van der Waals surface area contributed by atoms with Gasteiger partial charge in [0.25, 0.3) is 0 Å². The van der Waals surface area contributed by atoms with Crippen LogP contribution in [0.25, 0.3) is 0 Å². The van der Waals surface area contributed by atoms with Crippen molar-refractivity contribution in [1.29, 1.82) is 0 Å². The van der Waals surface area contributed by atoms with E-state index in [2.05, 4.69) is 28.9 Å². The van der Waals surface area contributed by atoms with Crippen molar-refractivity contribution in [3.63, 3.8) is 0 Å². The van der Waals surface area contributed by atoms with Crippen LogP contribution < -0.4 is 0 Å². The van der Waals surface area contributed by atoms with Crippen LogP contribution in [0.3, 0.4) is 0 Å². The highest BCUT2D eigenvalue weighted by Gasteiger charge is 2.44. The van der Waals surface area contributed by atoms with Crippen molar-refractivity contribution in [1.82, 2.24) is 9.80 Å². The smallest absolute Gasteiger partial charge is 0.117 e. The van der Waals surface area contributed by atoms with Crippen LogP contribution in [0.4, 0.5) is 0 Å². The lowest BCUT2D eigenvalue weighted by Gasteiger charge is -2.51. The summed E-state index contributed by atoms with van der Waals surface area (Å²) < 4.78 is 5.50. The fourth-order valence-corrected chi connectivity index (χ4v) is 5.74.